The summed E-state index contributed by atoms with van der Waals surface area (Å²) in [5.74, 6) is 0.544. The quantitative estimate of drug-likeness (QED) is 0.759. The van der Waals surface area contributed by atoms with Gasteiger partial charge in [0.2, 0.25) is 0 Å². The van der Waals surface area contributed by atoms with Gasteiger partial charge in [0.05, 0.1) is 0 Å². The van der Waals surface area contributed by atoms with Crippen molar-refractivity contribution in [1.29, 1.82) is 0 Å². The summed E-state index contributed by atoms with van der Waals surface area (Å²) in [5, 5.41) is 0. The number of rotatable bonds is 3. The standard InChI is InChI=1S/C11H10N2O2/c14-11(13-7-6-12-9-13)8-15-10-4-2-1-3-5-10/h1-7,9H,8H2. The maximum Gasteiger partial charge on any atom is 0.269 e. The van der Waals surface area contributed by atoms with Crippen molar-refractivity contribution in [2.24, 2.45) is 0 Å². The van der Waals surface area contributed by atoms with Crippen LogP contribution in [0.15, 0.2) is 49.1 Å². The van der Waals surface area contributed by atoms with E-state index in [0.717, 1.165) is 0 Å². The summed E-state index contributed by atoms with van der Waals surface area (Å²) in [6.45, 7) is 0.0143. The molecule has 1 heterocycles. The molecule has 1 aromatic heterocycles. The van der Waals surface area contributed by atoms with Crippen LogP contribution in [0, 0.1) is 0 Å². The highest BCUT2D eigenvalue weighted by atomic mass is 16.5. The molecule has 4 nitrogen and oxygen atoms in total. The van der Waals surface area contributed by atoms with Gasteiger partial charge in [-0.25, -0.2) is 4.98 Å². The smallest absolute Gasteiger partial charge is 0.269 e. The average molecular weight is 202 g/mol. The molecule has 0 atom stereocenters. The highest BCUT2D eigenvalue weighted by Crippen LogP contribution is 2.07. The molecule has 0 saturated heterocycles. The molecule has 0 aliphatic heterocycles. The Morgan fingerprint density at radius 1 is 1.33 bits per heavy atom. The van der Waals surface area contributed by atoms with Gasteiger partial charge in [0, 0.05) is 12.4 Å². The number of nitrogens with zero attached hydrogens (tertiary/aromatic N) is 2. The topological polar surface area (TPSA) is 44.1 Å². The van der Waals surface area contributed by atoms with Crippen LogP contribution in [0.5, 0.6) is 5.75 Å². The van der Waals surface area contributed by atoms with E-state index in [4.69, 9.17) is 4.74 Å². The lowest BCUT2D eigenvalue weighted by atomic mass is 10.3. The number of carbonyl (C=O) groups excluding carboxylic acids is 1. The molecule has 0 aliphatic rings. The molecule has 1 aromatic carbocycles. The second-order valence-corrected chi connectivity index (χ2v) is 2.97. The zero-order valence-electron chi connectivity index (χ0n) is 8.04. The van der Waals surface area contributed by atoms with E-state index in [1.54, 1.807) is 24.5 Å². The number of carbonyl (C=O) groups is 1. The van der Waals surface area contributed by atoms with Crippen molar-refractivity contribution in [2.75, 3.05) is 6.61 Å². The van der Waals surface area contributed by atoms with Gasteiger partial charge in [-0.1, -0.05) is 18.2 Å². The van der Waals surface area contributed by atoms with E-state index in [1.165, 1.54) is 10.9 Å². The Bertz CT molecular complexity index is 423. The summed E-state index contributed by atoms with van der Waals surface area (Å²) < 4.78 is 6.69. The Morgan fingerprint density at radius 3 is 2.80 bits per heavy atom. The van der Waals surface area contributed by atoms with Crippen LogP contribution in [0.3, 0.4) is 0 Å². The molecule has 0 aliphatic carbocycles. The lowest BCUT2D eigenvalue weighted by Gasteiger charge is -2.04. The third kappa shape index (κ3) is 2.43. The summed E-state index contributed by atoms with van der Waals surface area (Å²) in [5.41, 5.74) is 0. The number of aromatic nitrogens is 2. The van der Waals surface area contributed by atoms with Crippen LogP contribution in [-0.4, -0.2) is 22.1 Å². The van der Waals surface area contributed by atoms with E-state index in [0.29, 0.717) is 5.75 Å². The Labute approximate surface area is 87.1 Å². The minimum atomic E-state index is -0.142. The highest BCUT2D eigenvalue weighted by Gasteiger charge is 2.04. The first-order valence-corrected chi connectivity index (χ1v) is 4.55. The molecule has 4 heteroatoms. The summed E-state index contributed by atoms with van der Waals surface area (Å²) >= 11 is 0. The fraction of sp³-hybridized carbons (Fsp3) is 0.0909. The molecule has 76 valence electrons. The molecule has 0 saturated carbocycles. The van der Waals surface area contributed by atoms with Crippen LogP contribution in [0.25, 0.3) is 0 Å². The number of hydrogen-bond acceptors (Lipinski definition) is 3. The minimum Gasteiger partial charge on any atom is -0.484 e. The Balaban J connectivity index is 1.92. The van der Waals surface area contributed by atoms with Gasteiger partial charge in [0.25, 0.3) is 5.91 Å². The van der Waals surface area contributed by atoms with Crippen molar-refractivity contribution in [1.82, 2.24) is 9.55 Å². The van der Waals surface area contributed by atoms with Gasteiger partial charge in [0.1, 0.15) is 12.1 Å². The Morgan fingerprint density at radius 2 is 2.13 bits per heavy atom. The number of ether oxygens (including phenoxy) is 1. The largest absolute Gasteiger partial charge is 0.484 e. The fourth-order valence-electron chi connectivity index (χ4n) is 1.14. The molecular weight excluding hydrogens is 192 g/mol. The van der Waals surface area contributed by atoms with Gasteiger partial charge in [0.15, 0.2) is 6.61 Å². The second-order valence-electron chi connectivity index (χ2n) is 2.97. The first-order valence-electron chi connectivity index (χ1n) is 4.55. The summed E-state index contributed by atoms with van der Waals surface area (Å²) in [4.78, 5) is 15.3. The fourth-order valence-corrected chi connectivity index (χ4v) is 1.14. The Kier molecular flexibility index (Phi) is 2.78. The van der Waals surface area contributed by atoms with Crippen LogP contribution >= 0.6 is 0 Å². The predicted molar refractivity (Wildman–Crippen MR) is 54.8 cm³/mol. The zero-order chi connectivity index (χ0) is 10.5. The maximum atomic E-state index is 11.5. The van der Waals surface area contributed by atoms with E-state index in [9.17, 15) is 4.79 Å². The van der Waals surface area contributed by atoms with Crippen molar-refractivity contribution >= 4 is 5.91 Å². The molecule has 15 heavy (non-hydrogen) atoms. The number of para-hydroxylation sites is 1. The molecule has 0 bridgehead atoms. The van der Waals surface area contributed by atoms with Gasteiger partial charge in [-0.3, -0.25) is 9.36 Å². The minimum absolute atomic E-state index is 0.0143. The summed E-state index contributed by atoms with van der Waals surface area (Å²) in [6.07, 6.45) is 4.60. The molecular formula is C11H10N2O2. The van der Waals surface area contributed by atoms with Crippen LogP contribution in [0.2, 0.25) is 0 Å². The SMILES string of the molecule is O=C(COc1ccccc1)n1ccnc1. The predicted octanol–water partition coefficient (Wildman–Crippen LogP) is 1.60. The third-order valence-electron chi connectivity index (χ3n) is 1.90. The van der Waals surface area contributed by atoms with Gasteiger partial charge in [-0.2, -0.15) is 0 Å². The number of hydrogen-bond donors (Lipinski definition) is 0. The number of benzene rings is 1. The van der Waals surface area contributed by atoms with Crippen LogP contribution in [0.4, 0.5) is 0 Å². The van der Waals surface area contributed by atoms with Crippen molar-refractivity contribution in [3.63, 3.8) is 0 Å². The molecule has 0 unspecified atom stereocenters. The molecule has 0 fully saturated rings. The first-order chi connectivity index (χ1) is 7.36. The molecule has 0 amide bonds. The second kappa shape index (κ2) is 4.41. The molecule has 0 spiro atoms. The van der Waals surface area contributed by atoms with Gasteiger partial charge < -0.3 is 4.74 Å². The van der Waals surface area contributed by atoms with Crippen molar-refractivity contribution in [3.05, 3.63) is 49.1 Å². The zero-order valence-corrected chi connectivity index (χ0v) is 8.04. The van der Waals surface area contributed by atoms with E-state index >= 15 is 0 Å². The highest BCUT2D eigenvalue weighted by molar-refractivity contribution is 5.80. The third-order valence-corrected chi connectivity index (χ3v) is 1.90. The molecule has 2 rings (SSSR count). The maximum absolute atomic E-state index is 11.5. The normalized spacial score (nSPS) is 9.87. The van der Waals surface area contributed by atoms with Crippen LogP contribution < -0.4 is 4.74 Å². The first kappa shape index (κ1) is 9.45. The van der Waals surface area contributed by atoms with Crippen molar-refractivity contribution in [3.8, 4) is 5.75 Å². The van der Waals surface area contributed by atoms with Crippen LogP contribution in [0.1, 0.15) is 4.79 Å². The summed E-state index contributed by atoms with van der Waals surface area (Å²) in [7, 11) is 0. The Hall–Kier alpha value is -2.10. The molecule has 0 radical (unpaired) electrons. The van der Waals surface area contributed by atoms with Crippen molar-refractivity contribution in [2.45, 2.75) is 0 Å². The summed E-state index contributed by atoms with van der Waals surface area (Å²) in [6, 6.07) is 9.22. The van der Waals surface area contributed by atoms with Gasteiger partial charge in [-0.15, -0.1) is 0 Å². The molecule has 0 N–H and O–H groups in total. The van der Waals surface area contributed by atoms with E-state index in [2.05, 4.69) is 4.98 Å². The van der Waals surface area contributed by atoms with Gasteiger partial charge in [-0.05, 0) is 12.1 Å². The van der Waals surface area contributed by atoms with Crippen LogP contribution in [-0.2, 0) is 0 Å². The van der Waals surface area contributed by atoms with E-state index < -0.39 is 0 Å². The molecule has 2 aromatic rings. The lowest BCUT2D eigenvalue weighted by molar-refractivity contribution is 0.0837. The van der Waals surface area contributed by atoms with E-state index in [-0.39, 0.29) is 12.5 Å². The average Bonchev–Trinajstić information content (AvgIpc) is 2.81. The van der Waals surface area contributed by atoms with Crippen molar-refractivity contribution < 1.29 is 9.53 Å². The van der Waals surface area contributed by atoms with Gasteiger partial charge >= 0.3 is 0 Å². The number of imidazole rings is 1. The lowest BCUT2D eigenvalue weighted by Crippen LogP contribution is -2.17. The monoisotopic (exact) mass is 202 g/mol. The van der Waals surface area contributed by atoms with E-state index in [1.807, 2.05) is 18.2 Å².